The molecule has 0 aliphatic carbocycles. The van der Waals surface area contributed by atoms with Crippen LogP contribution in [0.3, 0.4) is 0 Å². The summed E-state index contributed by atoms with van der Waals surface area (Å²) in [5.74, 6) is 0.149. The van der Waals surface area contributed by atoms with Crippen LogP contribution in [0.25, 0.3) is 0 Å². The topological polar surface area (TPSA) is 44.4 Å². The summed E-state index contributed by atoms with van der Waals surface area (Å²) in [6.45, 7) is 3.80. The van der Waals surface area contributed by atoms with E-state index in [2.05, 4.69) is 22.5 Å². The van der Waals surface area contributed by atoms with Gasteiger partial charge in [0.2, 0.25) is 5.91 Å². The van der Waals surface area contributed by atoms with Crippen molar-refractivity contribution in [1.29, 1.82) is 0 Å². The molecule has 2 unspecified atom stereocenters. The molecule has 0 radical (unpaired) electrons. The molecule has 4 nitrogen and oxygen atoms in total. The smallest absolute Gasteiger partial charge is 0.237 e. The van der Waals surface area contributed by atoms with E-state index in [1.807, 2.05) is 14.1 Å². The Morgan fingerprint density at radius 3 is 2.86 bits per heavy atom. The Morgan fingerprint density at radius 1 is 1.64 bits per heavy atom. The second-order valence-corrected chi connectivity index (χ2v) is 4.21. The van der Waals surface area contributed by atoms with Crippen LogP contribution in [0.1, 0.15) is 19.8 Å². The molecule has 1 fully saturated rings. The molecular formula is C10H21N3O. The number of nitrogens with zero attached hydrogens (tertiary/aromatic N) is 1. The molecule has 1 aliphatic rings. The van der Waals surface area contributed by atoms with Gasteiger partial charge in [0.25, 0.3) is 0 Å². The molecule has 4 heteroatoms. The first kappa shape index (κ1) is 11.5. The third-order valence-electron chi connectivity index (χ3n) is 2.83. The first-order chi connectivity index (χ1) is 6.61. The average molecular weight is 199 g/mol. The van der Waals surface area contributed by atoms with Crippen molar-refractivity contribution in [2.45, 2.75) is 31.8 Å². The van der Waals surface area contributed by atoms with Crippen LogP contribution in [0, 0.1) is 0 Å². The highest BCUT2D eigenvalue weighted by molar-refractivity contribution is 5.82. The lowest BCUT2D eigenvalue weighted by Gasteiger charge is -2.21. The van der Waals surface area contributed by atoms with E-state index in [1.165, 1.54) is 0 Å². The molecule has 1 heterocycles. The Bertz CT molecular complexity index is 188. The standard InChI is InChI=1S/C10H21N3O/c1-8(13(2)3)7-12-10(14)9-5-4-6-11-9/h8-9,11H,4-7H2,1-3H3,(H,12,14). The molecule has 0 aromatic rings. The van der Waals surface area contributed by atoms with Gasteiger partial charge < -0.3 is 15.5 Å². The number of rotatable bonds is 4. The van der Waals surface area contributed by atoms with Gasteiger partial charge in [0.15, 0.2) is 0 Å². The summed E-state index contributed by atoms with van der Waals surface area (Å²) in [7, 11) is 4.04. The molecular weight excluding hydrogens is 178 g/mol. The van der Waals surface area contributed by atoms with Gasteiger partial charge in [-0.15, -0.1) is 0 Å². The predicted octanol–water partition coefficient (Wildman–Crippen LogP) is -0.195. The molecule has 1 rings (SSSR count). The van der Waals surface area contributed by atoms with E-state index in [-0.39, 0.29) is 11.9 Å². The molecule has 0 bridgehead atoms. The van der Waals surface area contributed by atoms with E-state index in [1.54, 1.807) is 0 Å². The zero-order valence-corrected chi connectivity index (χ0v) is 9.34. The van der Waals surface area contributed by atoms with Crippen LogP contribution in [-0.2, 0) is 4.79 Å². The van der Waals surface area contributed by atoms with E-state index < -0.39 is 0 Å². The number of carbonyl (C=O) groups excluding carboxylic acids is 1. The van der Waals surface area contributed by atoms with Crippen molar-refractivity contribution in [2.75, 3.05) is 27.2 Å². The highest BCUT2D eigenvalue weighted by Crippen LogP contribution is 2.04. The maximum atomic E-state index is 11.6. The Morgan fingerprint density at radius 2 is 2.36 bits per heavy atom. The van der Waals surface area contributed by atoms with Gasteiger partial charge >= 0.3 is 0 Å². The zero-order valence-electron chi connectivity index (χ0n) is 9.34. The van der Waals surface area contributed by atoms with Gasteiger partial charge in [-0.05, 0) is 40.4 Å². The Labute approximate surface area is 86.0 Å². The molecule has 2 N–H and O–H groups in total. The SMILES string of the molecule is CC(CNC(=O)C1CCCN1)N(C)C. The van der Waals surface area contributed by atoms with Crippen LogP contribution in [0.5, 0.6) is 0 Å². The lowest BCUT2D eigenvalue weighted by atomic mass is 10.2. The van der Waals surface area contributed by atoms with E-state index in [9.17, 15) is 4.79 Å². The van der Waals surface area contributed by atoms with E-state index >= 15 is 0 Å². The van der Waals surface area contributed by atoms with Gasteiger partial charge in [-0.25, -0.2) is 0 Å². The predicted molar refractivity (Wildman–Crippen MR) is 57.2 cm³/mol. The van der Waals surface area contributed by atoms with Crippen molar-refractivity contribution >= 4 is 5.91 Å². The summed E-state index contributed by atoms with van der Waals surface area (Å²) in [6, 6.07) is 0.435. The summed E-state index contributed by atoms with van der Waals surface area (Å²) >= 11 is 0. The van der Waals surface area contributed by atoms with Crippen LogP contribution in [0.4, 0.5) is 0 Å². The van der Waals surface area contributed by atoms with Crippen molar-refractivity contribution in [1.82, 2.24) is 15.5 Å². The van der Waals surface area contributed by atoms with Crippen molar-refractivity contribution in [3.05, 3.63) is 0 Å². The molecule has 14 heavy (non-hydrogen) atoms. The minimum Gasteiger partial charge on any atom is -0.353 e. The third-order valence-corrected chi connectivity index (χ3v) is 2.83. The lowest BCUT2D eigenvalue weighted by Crippen LogP contribution is -2.45. The first-order valence-electron chi connectivity index (χ1n) is 5.29. The van der Waals surface area contributed by atoms with Crippen molar-refractivity contribution in [3.8, 4) is 0 Å². The fourth-order valence-corrected chi connectivity index (χ4v) is 1.46. The molecule has 0 aromatic carbocycles. The minimum absolute atomic E-state index is 0.0457. The number of likely N-dealkylation sites (N-methyl/N-ethyl adjacent to an activating group) is 1. The molecule has 2 atom stereocenters. The van der Waals surface area contributed by atoms with Crippen LogP contribution < -0.4 is 10.6 Å². The molecule has 1 amide bonds. The van der Waals surface area contributed by atoms with Gasteiger partial charge in [-0.2, -0.15) is 0 Å². The number of hydrogen-bond acceptors (Lipinski definition) is 3. The highest BCUT2D eigenvalue weighted by atomic mass is 16.2. The van der Waals surface area contributed by atoms with E-state index in [4.69, 9.17) is 0 Å². The third kappa shape index (κ3) is 3.27. The molecule has 1 saturated heterocycles. The fraction of sp³-hybridized carbons (Fsp3) is 0.900. The van der Waals surface area contributed by atoms with E-state index in [0.717, 1.165) is 25.9 Å². The molecule has 82 valence electrons. The van der Waals surface area contributed by atoms with E-state index in [0.29, 0.717) is 6.04 Å². The maximum absolute atomic E-state index is 11.6. The largest absolute Gasteiger partial charge is 0.353 e. The van der Waals surface area contributed by atoms with Gasteiger partial charge in [0, 0.05) is 12.6 Å². The number of amides is 1. The van der Waals surface area contributed by atoms with Gasteiger partial charge in [0.1, 0.15) is 0 Å². The number of hydrogen-bond donors (Lipinski definition) is 2. The van der Waals surface area contributed by atoms with Crippen LogP contribution in [-0.4, -0.2) is 50.1 Å². The summed E-state index contributed by atoms with van der Waals surface area (Å²) < 4.78 is 0. The van der Waals surface area contributed by atoms with Crippen molar-refractivity contribution in [2.24, 2.45) is 0 Å². The monoisotopic (exact) mass is 199 g/mol. The van der Waals surface area contributed by atoms with Gasteiger partial charge in [0.05, 0.1) is 6.04 Å². The fourth-order valence-electron chi connectivity index (χ4n) is 1.46. The minimum atomic E-state index is 0.0457. The van der Waals surface area contributed by atoms with Gasteiger partial charge in [-0.3, -0.25) is 4.79 Å². The number of nitrogens with one attached hydrogen (secondary N) is 2. The molecule has 0 saturated carbocycles. The first-order valence-corrected chi connectivity index (χ1v) is 5.29. The average Bonchev–Trinajstić information content (AvgIpc) is 2.66. The summed E-state index contributed by atoms with van der Waals surface area (Å²) in [4.78, 5) is 13.7. The Kier molecular flexibility index (Phi) is 4.35. The number of carbonyl (C=O) groups is 1. The van der Waals surface area contributed by atoms with Crippen molar-refractivity contribution < 1.29 is 4.79 Å². The van der Waals surface area contributed by atoms with Gasteiger partial charge in [-0.1, -0.05) is 0 Å². The molecule has 1 aliphatic heterocycles. The van der Waals surface area contributed by atoms with Crippen molar-refractivity contribution in [3.63, 3.8) is 0 Å². The summed E-state index contributed by atoms with van der Waals surface area (Å²) in [5.41, 5.74) is 0. The Hall–Kier alpha value is -0.610. The zero-order chi connectivity index (χ0) is 10.6. The van der Waals surface area contributed by atoms with Crippen LogP contribution in [0.15, 0.2) is 0 Å². The second kappa shape index (κ2) is 5.32. The second-order valence-electron chi connectivity index (χ2n) is 4.21. The Balaban J connectivity index is 2.20. The lowest BCUT2D eigenvalue weighted by molar-refractivity contribution is -0.122. The normalized spacial score (nSPS) is 23.9. The maximum Gasteiger partial charge on any atom is 0.237 e. The summed E-state index contributed by atoms with van der Waals surface area (Å²) in [6.07, 6.45) is 2.09. The quantitative estimate of drug-likeness (QED) is 0.659. The highest BCUT2D eigenvalue weighted by Gasteiger charge is 2.21. The van der Waals surface area contributed by atoms with Crippen LogP contribution in [0.2, 0.25) is 0 Å². The molecule has 0 spiro atoms. The molecule has 0 aromatic heterocycles. The summed E-state index contributed by atoms with van der Waals surface area (Å²) in [5, 5.41) is 6.15. The van der Waals surface area contributed by atoms with Crippen LogP contribution >= 0.6 is 0 Å².